The van der Waals surface area contributed by atoms with E-state index in [1.165, 1.54) is 23.3 Å². The molecular weight excluding hydrogens is 432 g/mol. The van der Waals surface area contributed by atoms with E-state index in [-0.39, 0.29) is 18.7 Å². The van der Waals surface area contributed by atoms with Crippen LogP contribution in [-0.4, -0.2) is 60.2 Å². The van der Waals surface area contributed by atoms with Gasteiger partial charge in [-0.05, 0) is 45.4 Å². The predicted octanol–water partition coefficient (Wildman–Crippen LogP) is 3.78. The predicted molar refractivity (Wildman–Crippen MR) is 121 cm³/mol. The summed E-state index contributed by atoms with van der Waals surface area (Å²) in [6, 6.07) is 4.49. The fourth-order valence-electron chi connectivity index (χ4n) is 3.75. The van der Waals surface area contributed by atoms with Crippen molar-refractivity contribution in [2.75, 3.05) is 33.5 Å². The fourth-order valence-corrected chi connectivity index (χ4v) is 4.63. The molecule has 1 aliphatic heterocycles. The van der Waals surface area contributed by atoms with Gasteiger partial charge in [-0.25, -0.2) is 4.98 Å². The van der Waals surface area contributed by atoms with Gasteiger partial charge < -0.3 is 24.2 Å². The van der Waals surface area contributed by atoms with Gasteiger partial charge in [0.15, 0.2) is 17.3 Å². The number of ketones is 1. The highest BCUT2D eigenvalue weighted by Crippen LogP contribution is 2.42. The Morgan fingerprint density at radius 2 is 1.88 bits per heavy atom. The summed E-state index contributed by atoms with van der Waals surface area (Å²) in [5.41, 5.74) is 1.23. The van der Waals surface area contributed by atoms with E-state index in [1.807, 2.05) is 20.8 Å². The molecule has 1 amide bonds. The average molecular weight is 461 g/mol. The van der Waals surface area contributed by atoms with E-state index in [4.69, 9.17) is 14.2 Å². The lowest BCUT2D eigenvalue weighted by Gasteiger charge is -2.27. The molecule has 0 aliphatic carbocycles. The summed E-state index contributed by atoms with van der Waals surface area (Å²) >= 11 is 1.24. The van der Waals surface area contributed by atoms with Crippen molar-refractivity contribution in [3.8, 4) is 11.5 Å². The van der Waals surface area contributed by atoms with Crippen molar-refractivity contribution in [2.45, 2.75) is 33.7 Å². The molecule has 0 spiro atoms. The summed E-state index contributed by atoms with van der Waals surface area (Å²) in [6.45, 7) is 8.65. The topological polar surface area (TPSA) is 98.2 Å². The molecule has 0 radical (unpaired) electrons. The lowest BCUT2D eigenvalue weighted by molar-refractivity contribution is -0.130. The number of amides is 1. The van der Waals surface area contributed by atoms with E-state index in [1.54, 1.807) is 25.1 Å². The minimum atomic E-state index is -0.790. The number of hydrogen-bond acceptors (Lipinski definition) is 8. The van der Waals surface area contributed by atoms with Gasteiger partial charge in [-0.3, -0.25) is 9.59 Å². The Hall–Kier alpha value is -2.91. The average Bonchev–Trinajstić information content (AvgIpc) is 3.23. The van der Waals surface area contributed by atoms with Crippen LogP contribution in [0.4, 0.5) is 0 Å². The Bertz CT molecular complexity index is 1050. The molecular formula is C23H28N2O6S. The number of Topliss-reactive ketones (excluding diaryl/α,β-unsaturated/α-hetero) is 1. The van der Waals surface area contributed by atoms with Gasteiger partial charge >= 0.3 is 0 Å². The number of nitrogens with zero attached hydrogens (tertiary/aromatic N) is 2. The van der Waals surface area contributed by atoms with Crippen LogP contribution < -0.4 is 9.47 Å². The summed E-state index contributed by atoms with van der Waals surface area (Å²) in [5, 5.41) is 11.5. The summed E-state index contributed by atoms with van der Waals surface area (Å²) in [6.07, 6.45) is 0. The van der Waals surface area contributed by atoms with Gasteiger partial charge in [0.2, 0.25) is 5.78 Å². The first-order valence-electron chi connectivity index (χ1n) is 10.4. The maximum atomic E-state index is 13.5. The van der Waals surface area contributed by atoms with Crippen LogP contribution in [-0.2, 0) is 9.53 Å². The van der Waals surface area contributed by atoms with Gasteiger partial charge in [-0.2, -0.15) is 0 Å². The van der Waals surface area contributed by atoms with Crippen LogP contribution in [0.3, 0.4) is 0 Å². The maximum absolute atomic E-state index is 13.5. The molecule has 1 N–H and O–H groups in total. The van der Waals surface area contributed by atoms with E-state index in [9.17, 15) is 14.7 Å². The molecule has 2 aromatic rings. The molecule has 1 aromatic heterocycles. The molecule has 0 fully saturated rings. The van der Waals surface area contributed by atoms with Crippen LogP contribution in [0.5, 0.6) is 11.5 Å². The second-order valence-electron chi connectivity index (χ2n) is 7.20. The standard InChI is InChI=1S/C23H28N2O6S/c1-6-30-16-9-8-15(12-17(16)31-7-2)19-18(20(26)22-13(3)24-14(4)32-22)21(27)23(28)25(19)10-11-29-5/h8-9,12,19,27H,6-7,10-11H2,1-5H3. The Kier molecular flexibility index (Phi) is 7.52. The number of carbonyl (C=O) groups excluding carboxylic acids is 2. The number of aryl methyl sites for hydroxylation is 2. The number of aliphatic hydroxyl groups excluding tert-OH is 1. The molecule has 2 heterocycles. The number of hydrogen-bond donors (Lipinski definition) is 1. The Morgan fingerprint density at radius 3 is 2.47 bits per heavy atom. The number of benzene rings is 1. The van der Waals surface area contributed by atoms with E-state index in [2.05, 4.69) is 4.98 Å². The molecule has 0 saturated carbocycles. The van der Waals surface area contributed by atoms with Crippen molar-refractivity contribution in [1.82, 2.24) is 9.88 Å². The summed E-state index contributed by atoms with van der Waals surface area (Å²) in [7, 11) is 1.53. The molecule has 1 aromatic carbocycles. The van der Waals surface area contributed by atoms with Crippen LogP contribution in [0, 0.1) is 13.8 Å². The third-order valence-corrected chi connectivity index (χ3v) is 6.15. The van der Waals surface area contributed by atoms with Crippen LogP contribution >= 0.6 is 11.3 Å². The van der Waals surface area contributed by atoms with E-state index < -0.39 is 23.5 Å². The zero-order valence-corrected chi connectivity index (χ0v) is 19.7. The molecule has 172 valence electrons. The van der Waals surface area contributed by atoms with Crippen molar-refractivity contribution < 1.29 is 28.9 Å². The SMILES string of the molecule is CCOc1ccc(C2C(C(=O)c3sc(C)nc3C)=C(O)C(=O)N2CCOC)cc1OCC. The van der Waals surface area contributed by atoms with Crippen molar-refractivity contribution in [3.63, 3.8) is 0 Å². The smallest absolute Gasteiger partial charge is 0.290 e. The fraction of sp³-hybridized carbons (Fsp3) is 0.435. The first-order valence-corrected chi connectivity index (χ1v) is 11.3. The molecule has 0 bridgehead atoms. The van der Waals surface area contributed by atoms with Gasteiger partial charge in [0.1, 0.15) is 0 Å². The minimum Gasteiger partial charge on any atom is -0.503 e. The maximum Gasteiger partial charge on any atom is 0.290 e. The van der Waals surface area contributed by atoms with Crippen molar-refractivity contribution in [3.05, 3.63) is 50.7 Å². The second kappa shape index (κ2) is 10.1. The lowest BCUT2D eigenvalue weighted by atomic mass is 9.94. The molecule has 0 saturated heterocycles. The summed E-state index contributed by atoms with van der Waals surface area (Å²) < 4.78 is 16.5. The minimum absolute atomic E-state index is 0.0319. The van der Waals surface area contributed by atoms with Gasteiger partial charge in [0.25, 0.3) is 5.91 Å². The van der Waals surface area contributed by atoms with Crippen LogP contribution in [0.1, 0.15) is 45.8 Å². The van der Waals surface area contributed by atoms with E-state index in [0.29, 0.717) is 40.8 Å². The second-order valence-corrected chi connectivity index (χ2v) is 8.41. The van der Waals surface area contributed by atoms with Gasteiger partial charge in [-0.1, -0.05) is 6.07 Å². The molecule has 1 aliphatic rings. The number of thiazole rings is 1. The van der Waals surface area contributed by atoms with Gasteiger partial charge in [0, 0.05) is 13.7 Å². The highest BCUT2D eigenvalue weighted by atomic mass is 32.1. The van der Waals surface area contributed by atoms with Crippen LogP contribution in [0.25, 0.3) is 0 Å². The number of aliphatic hydroxyl groups is 1. The zero-order valence-electron chi connectivity index (χ0n) is 18.9. The normalized spacial score (nSPS) is 16.1. The number of rotatable bonds is 10. The van der Waals surface area contributed by atoms with Crippen LogP contribution in [0.15, 0.2) is 29.5 Å². The molecule has 1 atom stereocenters. The Morgan fingerprint density at radius 1 is 1.19 bits per heavy atom. The largest absolute Gasteiger partial charge is 0.503 e. The Labute approximate surface area is 191 Å². The van der Waals surface area contributed by atoms with Gasteiger partial charge in [0.05, 0.1) is 47.0 Å². The Balaban J connectivity index is 2.13. The highest BCUT2D eigenvalue weighted by molar-refractivity contribution is 7.14. The quantitative estimate of drug-likeness (QED) is 0.539. The lowest BCUT2D eigenvalue weighted by Crippen LogP contribution is -2.34. The highest BCUT2D eigenvalue weighted by Gasteiger charge is 2.44. The zero-order chi connectivity index (χ0) is 23.4. The third kappa shape index (κ3) is 4.49. The number of carbonyl (C=O) groups is 2. The van der Waals surface area contributed by atoms with Crippen molar-refractivity contribution >= 4 is 23.0 Å². The summed E-state index contributed by atoms with van der Waals surface area (Å²) in [5.74, 6) is -0.486. The molecule has 1 unspecified atom stereocenters. The third-order valence-electron chi connectivity index (χ3n) is 5.08. The number of aromatic nitrogens is 1. The first kappa shape index (κ1) is 23.7. The first-order chi connectivity index (χ1) is 15.3. The van der Waals surface area contributed by atoms with Crippen molar-refractivity contribution in [1.29, 1.82) is 0 Å². The van der Waals surface area contributed by atoms with Gasteiger partial charge in [-0.15, -0.1) is 11.3 Å². The monoisotopic (exact) mass is 460 g/mol. The molecule has 32 heavy (non-hydrogen) atoms. The van der Waals surface area contributed by atoms with Crippen molar-refractivity contribution in [2.24, 2.45) is 0 Å². The molecule has 3 rings (SSSR count). The van der Waals surface area contributed by atoms with E-state index in [0.717, 1.165) is 5.01 Å². The molecule has 9 heteroatoms. The summed E-state index contributed by atoms with van der Waals surface area (Å²) in [4.78, 5) is 32.6. The number of ether oxygens (including phenoxy) is 3. The van der Waals surface area contributed by atoms with Crippen LogP contribution in [0.2, 0.25) is 0 Å². The number of methoxy groups -OCH3 is 1. The molecule has 8 nitrogen and oxygen atoms in total. The van der Waals surface area contributed by atoms with E-state index >= 15 is 0 Å².